The third kappa shape index (κ3) is 7.46. The summed E-state index contributed by atoms with van der Waals surface area (Å²) in [5.41, 5.74) is 2.11. The van der Waals surface area contributed by atoms with Crippen LogP contribution in [0.15, 0.2) is 24.3 Å². The first-order valence-electron chi connectivity index (χ1n) is 8.60. The van der Waals surface area contributed by atoms with Crippen LogP contribution in [0.4, 0.5) is 4.79 Å². The molecule has 6 nitrogen and oxygen atoms in total. The Morgan fingerprint density at radius 1 is 1.28 bits per heavy atom. The summed E-state index contributed by atoms with van der Waals surface area (Å²) in [6, 6.07) is 7.97. The normalized spacial score (nSPS) is 14.1. The van der Waals surface area contributed by atoms with Gasteiger partial charge in [0.15, 0.2) is 0 Å². The van der Waals surface area contributed by atoms with Crippen molar-refractivity contribution in [2.45, 2.75) is 26.5 Å². The maximum absolute atomic E-state index is 11.9. The van der Waals surface area contributed by atoms with E-state index in [0.29, 0.717) is 45.9 Å². The number of benzene rings is 1. The number of carbonyl (C=O) groups is 2. The van der Waals surface area contributed by atoms with E-state index in [-0.39, 0.29) is 11.1 Å². The van der Waals surface area contributed by atoms with Crippen molar-refractivity contribution in [2.75, 3.05) is 38.7 Å². The van der Waals surface area contributed by atoms with E-state index in [1.54, 1.807) is 4.90 Å². The lowest BCUT2D eigenvalue weighted by Crippen LogP contribution is -2.30. The van der Waals surface area contributed by atoms with Crippen LogP contribution in [0, 0.1) is 0 Å². The van der Waals surface area contributed by atoms with E-state index in [4.69, 9.17) is 9.47 Å². The van der Waals surface area contributed by atoms with Gasteiger partial charge in [-0.1, -0.05) is 36.0 Å². The van der Waals surface area contributed by atoms with Gasteiger partial charge < -0.3 is 19.7 Å². The van der Waals surface area contributed by atoms with Gasteiger partial charge in [0.05, 0.1) is 19.8 Å². The highest BCUT2D eigenvalue weighted by atomic mass is 32.2. The monoisotopic (exact) mass is 366 g/mol. The zero-order chi connectivity index (χ0) is 17.9. The number of hydrogen-bond acceptors (Lipinski definition) is 5. The van der Waals surface area contributed by atoms with Crippen molar-refractivity contribution >= 4 is 22.9 Å². The molecular weight excluding hydrogens is 340 g/mol. The van der Waals surface area contributed by atoms with Crippen LogP contribution in [0.25, 0.3) is 0 Å². The summed E-state index contributed by atoms with van der Waals surface area (Å²) in [5.74, 6) is 0.781. The molecule has 2 amide bonds. The van der Waals surface area contributed by atoms with Gasteiger partial charge in [-0.2, -0.15) is 0 Å². The van der Waals surface area contributed by atoms with Gasteiger partial charge in [-0.3, -0.25) is 9.59 Å². The average molecular weight is 366 g/mol. The second kappa shape index (κ2) is 11.1. The van der Waals surface area contributed by atoms with E-state index >= 15 is 0 Å². The fraction of sp³-hybridized carbons (Fsp3) is 0.556. The third-order valence-electron chi connectivity index (χ3n) is 3.78. The number of ether oxygens (including phenoxy) is 2. The van der Waals surface area contributed by atoms with E-state index in [9.17, 15) is 9.59 Å². The zero-order valence-corrected chi connectivity index (χ0v) is 15.5. The molecule has 1 fully saturated rings. The van der Waals surface area contributed by atoms with Crippen LogP contribution >= 0.6 is 11.8 Å². The quantitative estimate of drug-likeness (QED) is 0.609. The molecular formula is C18H26N2O4S. The minimum absolute atomic E-state index is 0.0388. The number of hydrogen-bond donors (Lipinski definition) is 1. The Kier molecular flexibility index (Phi) is 8.79. The minimum atomic E-state index is -0.0388. The van der Waals surface area contributed by atoms with Crippen LogP contribution in [0.5, 0.6) is 0 Å². The predicted octanol–water partition coefficient (Wildman–Crippen LogP) is 2.41. The second-order valence-electron chi connectivity index (χ2n) is 5.70. The molecule has 0 aromatic heterocycles. The number of carbonyl (C=O) groups excluding carboxylic acids is 2. The van der Waals surface area contributed by atoms with Gasteiger partial charge in [0.25, 0.3) is 5.24 Å². The van der Waals surface area contributed by atoms with E-state index in [1.807, 2.05) is 31.2 Å². The van der Waals surface area contributed by atoms with Crippen LogP contribution in [0.2, 0.25) is 0 Å². The highest BCUT2D eigenvalue weighted by Gasteiger charge is 2.21. The molecule has 0 spiro atoms. The standard InChI is InChI=1S/C18H26N2O4S/c1-2-23-9-10-24-14-16-5-3-4-15(12-16)13-19-17(21)6-7-20-8-11-25-18(20)22/h3-5,12H,2,6-11,13-14H2,1H3,(H,19,21). The van der Waals surface area contributed by atoms with Crippen LogP contribution in [0.3, 0.4) is 0 Å². The molecule has 0 bridgehead atoms. The molecule has 0 unspecified atom stereocenters. The van der Waals surface area contributed by atoms with Gasteiger partial charge in [-0.15, -0.1) is 0 Å². The van der Waals surface area contributed by atoms with Crippen LogP contribution in [-0.2, 0) is 27.4 Å². The third-order valence-corrected chi connectivity index (χ3v) is 4.67. The molecule has 1 heterocycles. The minimum Gasteiger partial charge on any atom is -0.379 e. The van der Waals surface area contributed by atoms with Crippen molar-refractivity contribution in [1.82, 2.24) is 10.2 Å². The van der Waals surface area contributed by atoms with Gasteiger partial charge in [0, 0.05) is 38.4 Å². The molecule has 0 radical (unpaired) electrons. The smallest absolute Gasteiger partial charge is 0.281 e. The van der Waals surface area contributed by atoms with Crippen molar-refractivity contribution in [2.24, 2.45) is 0 Å². The lowest BCUT2D eigenvalue weighted by atomic mass is 10.1. The van der Waals surface area contributed by atoms with E-state index < -0.39 is 0 Å². The number of nitrogens with zero attached hydrogens (tertiary/aromatic N) is 1. The van der Waals surface area contributed by atoms with Crippen molar-refractivity contribution in [3.8, 4) is 0 Å². The SMILES string of the molecule is CCOCCOCc1cccc(CNC(=O)CCN2CCSC2=O)c1. The van der Waals surface area contributed by atoms with Gasteiger partial charge in [0.1, 0.15) is 0 Å². The summed E-state index contributed by atoms with van der Waals surface area (Å²) < 4.78 is 10.8. The summed E-state index contributed by atoms with van der Waals surface area (Å²) >= 11 is 1.32. The molecule has 0 aliphatic carbocycles. The molecule has 138 valence electrons. The second-order valence-corrected chi connectivity index (χ2v) is 6.74. The zero-order valence-electron chi connectivity index (χ0n) is 14.7. The molecule has 1 aromatic rings. The largest absolute Gasteiger partial charge is 0.379 e. The van der Waals surface area contributed by atoms with Crippen LogP contribution in [-0.4, -0.2) is 54.7 Å². The van der Waals surface area contributed by atoms with Gasteiger partial charge in [0.2, 0.25) is 5.91 Å². The van der Waals surface area contributed by atoms with Gasteiger partial charge in [-0.25, -0.2) is 0 Å². The molecule has 1 N–H and O–H groups in total. The number of rotatable bonds is 11. The molecule has 2 rings (SSSR count). The summed E-state index contributed by atoms with van der Waals surface area (Å²) in [7, 11) is 0. The highest BCUT2D eigenvalue weighted by Crippen LogP contribution is 2.17. The Labute approximate surface area is 153 Å². The summed E-state index contributed by atoms with van der Waals surface area (Å²) in [6.45, 7) is 6.07. The fourth-order valence-corrected chi connectivity index (χ4v) is 3.29. The van der Waals surface area contributed by atoms with Crippen molar-refractivity contribution in [1.29, 1.82) is 0 Å². The molecule has 1 aliphatic heterocycles. The summed E-state index contributed by atoms with van der Waals surface area (Å²) in [6.07, 6.45) is 0.340. The Morgan fingerprint density at radius 2 is 2.08 bits per heavy atom. The first-order chi connectivity index (χ1) is 12.2. The van der Waals surface area contributed by atoms with Crippen molar-refractivity contribution in [3.63, 3.8) is 0 Å². The predicted molar refractivity (Wildman–Crippen MR) is 98.5 cm³/mol. The van der Waals surface area contributed by atoms with Gasteiger partial charge >= 0.3 is 0 Å². The first-order valence-corrected chi connectivity index (χ1v) is 9.59. The first kappa shape index (κ1) is 19.8. The number of thioether (sulfide) groups is 1. The van der Waals surface area contributed by atoms with Crippen LogP contribution < -0.4 is 5.32 Å². The molecule has 25 heavy (non-hydrogen) atoms. The van der Waals surface area contributed by atoms with E-state index in [0.717, 1.165) is 23.4 Å². The maximum atomic E-state index is 11.9. The van der Waals surface area contributed by atoms with Gasteiger partial charge in [-0.05, 0) is 18.1 Å². The summed E-state index contributed by atoms with van der Waals surface area (Å²) in [4.78, 5) is 25.2. The number of amides is 2. The number of nitrogens with one attached hydrogen (secondary N) is 1. The maximum Gasteiger partial charge on any atom is 0.281 e. The molecule has 0 atom stereocenters. The van der Waals surface area contributed by atoms with E-state index in [1.165, 1.54) is 11.8 Å². The fourth-order valence-electron chi connectivity index (χ4n) is 2.44. The molecule has 0 saturated carbocycles. The Morgan fingerprint density at radius 3 is 2.84 bits per heavy atom. The average Bonchev–Trinajstić information content (AvgIpc) is 3.03. The van der Waals surface area contributed by atoms with Crippen LogP contribution in [0.1, 0.15) is 24.5 Å². The Hall–Kier alpha value is -1.57. The van der Waals surface area contributed by atoms with Crippen molar-refractivity contribution in [3.05, 3.63) is 35.4 Å². The Balaban J connectivity index is 1.66. The lowest BCUT2D eigenvalue weighted by molar-refractivity contribution is -0.121. The molecule has 7 heteroatoms. The molecule has 1 aliphatic rings. The van der Waals surface area contributed by atoms with E-state index in [2.05, 4.69) is 5.32 Å². The molecule has 1 saturated heterocycles. The Bertz CT molecular complexity index is 568. The topological polar surface area (TPSA) is 67.9 Å². The highest BCUT2D eigenvalue weighted by molar-refractivity contribution is 8.13. The summed E-state index contributed by atoms with van der Waals surface area (Å²) in [5, 5.41) is 2.98. The van der Waals surface area contributed by atoms with Crippen molar-refractivity contribution < 1.29 is 19.1 Å². The lowest BCUT2D eigenvalue weighted by Gasteiger charge is -2.14. The molecule has 1 aromatic carbocycles.